The molecule has 0 saturated carbocycles. The number of nitrogens with zero attached hydrogens (tertiary/aromatic N) is 3. The highest BCUT2D eigenvalue weighted by atomic mass is 32.2. The van der Waals surface area contributed by atoms with Crippen molar-refractivity contribution in [1.29, 1.82) is 0 Å². The summed E-state index contributed by atoms with van der Waals surface area (Å²) in [6.45, 7) is 0. The second-order valence-electron chi connectivity index (χ2n) is 3.61. The van der Waals surface area contributed by atoms with Crippen LogP contribution in [0, 0.1) is 0 Å². The first-order chi connectivity index (χ1) is 8.51. The fourth-order valence-corrected chi connectivity index (χ4v) is 2.29. The van der Waals surface area contributed by atoms with Crippen LogP contribution in [0.4, 0.5) is 11.6 Å². The standard InChI is InChI=1S/C10H13N5O2S/c1-11-9-4-3-8(7-12-9)18(16,17)14-10-5-6-15(2)13-10/h3-7H,1-2H3,(H,11,12)(H,13,14). The molecule has 2 N–H and O–H groups in total. The first kappa shape index (κ1) is 12.4. The minimum Gasteiger partial charge on any atom is -0.373 e. The van der Waals surface area contributed by atoms with Crippen LogP contribution in [0.3, 0.4) is 0 Å². The van der Waals surface area contributed by atoms with E-state index in [1.54, 1.807) is 32.4 Å². The third kappa shape index (κ3) is 2.59. The Bertz CT molecular complexity index is 633. The predicted octanol–water partition coefficient (Wildman–Crippen LogP) is 0.658. The maximum atomic E-state index is 12.0. The zero-order chi connectivity index (χ0) is 13.2. The normalized spacial score (nSPS) is 11.2. The van der Waals surface area contributed by atoms with Crippen molar-refractivity contribution < 1.29 is 8.42 Å². The second kappa shape index (κ2) is 4.65. The van der Waals surface area contributed by atoms with Crippen LogP contribution < -0.4 is 10.0 Å². The molecule has 2 aromatic rings. The van der Waals surface area contributed by atoms with E-state index in [-0.39, 0.29) is 10.7 Å². The molecule has 8 heteroatoms. The molecule has 0 bridgehead atoms. The summed E-state index contributed by atoms with van der Waals surface area (Å²) in [6.07, 6.45) is 2.94. The van der Waals surface area contributed by atoms with Gasteiger partial charge in [0, 0.05) is 32.6 Å². The largest absolute Gasteiger partial charge is 0.373 e. The molecule has 0 unspecified atom stereocenters. The summed E-state index contributed by atoms with van der Waals surface area (Å²) in [6, 6.07) is 4.64. The number of sulfonamides is 1. The lowest BCUT2D eigenvalue weighted by molar-refractivity contribution is 0.600. The van der Waals surface area contributed by atoms with E-state index in [4.69, 9.17) is 0 Å². The molecule has 0 amide bonds. The van der Waals surface area contributed by atoms with Crippen molar-refractivity contribution in [3.63, 3.8) is 0 Å². The first-order valence-corrected chi connectivity index (χ1v) is 6.66. The molecule has 0 aliphatic rings. The quantitative estimate of drug-likeness (QED) is 0.849. The predicted molar refractivity (Wildman–Crippen MR) is 67.8 cm³/mol. The highest BCUT2D eigenvalue weighted by Gasteiger charge is 2.15. The van der Waals surface area contributed by atoms with E-state index in [0.717, 1.165) is 0 Å². The molecule has 96 valence electrons. The topological polar surface area (TPSA) is 88.9 Å². The summed E-state index contributed by atoms with van der Waals surface area (Å²) in [5.74, 6) is 0.877. The van der Waals surface area contributed by atoms with Gasteiger partial charge >= 0.3 is 0 Å². The van der Waals surface area contributed by atoms with Gasteiger partial charge in [0.05, 0.1) is 0 Å². The summed E-state index contributed by atoms with van der Waals surface area (Å²) >= 11 is 0. The minimum absolute atomic E-state index is 0.0900. The Balaban J connectivity index is 2.24. The fourth-order valence-electron chi connectivity index (χ4n) is 1.35. The Morgan fingerprint density at radius 1 is 1.22 bits per heavy atom. The van der Waals surface area contributed by atoms with Gasteiger partial charge in [0.25, 0.3) is 10.0 Å². The van der Waals surface area contributed by atoms with Crippen molar-refractivity contribution in [3.8, 4) is 0 Å². The van der Waals surface area contributed by atoms with Crippen LogP contribution >= 0.6 is 0 Å². The molecule has 0 aliphatic carbocycles. The van der Waals surface area contributed by atoms with Crippen LogP contribution in [0.15, 0.2) is 35.5 Å². The van der Waals surface area contributed by atoms with Crippen LogP contribution in [-0.2, 0) is 17.1 Å². The lowest BCUT2D eigenvalue weighted by Crippen LogP contribution is -2.14. The third-order valence-corrected chi connectivity index (χ3v) is 3.60. The van der Waals surface area contributed by atoms with Crippen molar-refractivity contribution in [1.82, 2.24) is 14.8 Å². The van der Waals surface area contributed by atoms with Crippen LogP contribution in [0.5, 0.6) is 0 Å². The summed E-state index contributed by atoms with van der Waals surface area (Å²) in [5, 5.41) is 6.77. The zero-order valence-corrected chi connectivity index (χ0v) is 10.8. The average molecular weight is 267 g/mol. The van der Waals surface area contributed by atoms with E-state index in [1.807, 2.05) is 0 Å². The Labute approximate surface area is 105 Å². The maximum absolute atomic E-state index is 12.0. The molecule has 0 atom stereocenters. The Morgan fingerprint density at radius 3 is 2.50 bits per heavy atom. The Kier molecular flexibility index (Phi) is 3.19. The molecule has 0 aromatic carbocycles. The van der Waals surface area contributed by atoms with Gasteiger partial charge in [-0.05, 0) is 12.1 Å². The van der Waals surface area contributed by atoms with Crippen molar-refractivity contribution in [3.05, 3.63) is 30.6 Å². The van der Waals surface area contributed by atoms with Gasteiger partial charge in [-0.1, -0.05) is 0 Å². The maximum Gasteiger partial charge on any atom is 0.264 e. The van der Waals surface area contributed by atoms with Gasteiger partial charge in [-0.15, -0.1) is 0 Å². The highest BCUT2D eigenvalue weighted by molar-refractivity contribution is 7.92. The van der Waals surface area contributed by atoms with E-state index >= 15 is 0 Å². The van der Waals surface area contributed by atoms with E-state index in [9.17, 15) is 8.42 Å². The molecule has 0 radical (unpaired) electrons. The number of hydrogen-bond acceptors (Lipinski definition) is 5. The van der Waals surface area contributed by atoms with Gasteiger partial charge in [0.2, 0.25) is 0 Å². The smallest absolute Gasteiger partial charge is 0.264 e. The summed E-state index contributed by atoms with van der Waals surface area (Å²) in [7, 11) is -0.221. The number of aryl methyl sites for hydroxylation is 1. The number of rotatable bonds is 4. The molecule has 2 heterocycles. The number of pyridine rings is 1. The van der Waals surface area contributed by atoms with Crippen LogP contribution in [0.25, 0.3) is 0 Å². The van der Waals surface area contributed by atoms with Crippen molar-refractivity contribution in [2.24, 2.45) is 7.05 Å². The second-order valence-corrected chi connectivity index (χ2v) is 5.29. The molecule has 0 spiro atoms. The molecule has 2 aromatic heterocycles. The molecule has 7 nitrogen and oxygen atoms in total. The van der Waals surface area contributed by atoms with Crippen molar-refractivity contribution >= 4 is 21.7 Å². The number of anilines is 2. The fraction of sp³-hybridized carbons (Fsp3) is 0.200. The highest BCUT2D eigenvalue weighted by Crippen LogP contribution is 2.14. The van der Waals surface area contributed by atoms with Gasteiger partial charge in [-0.25, -0.2) is 13.4 Å². The molecule has 0 saturated heterocycles. The molecule has 0 aliphatic heterocycles. The average Bonchev–Trinajstić information content (AvgIpc) is 2.74. The van der Waals surface area contributed by atoms with Crippen molar-refractivity contribution in [2.75, 3.05) is 17.1 Å². The van der Waals surface area contributed by atoms with Crippen LogP contribution in [0.1, 0.15) is 0 Å². The van der Waals surface area contributed by atoms with E-state index in [1.165, 1.54) is 16.9 Å². The first-order valence-electron chi connectivity index (χ1n) is 5.17. The number of hydrogen-bond donors (Lipinski definition) is 2. The van der Waals surface area contributed by atoms with Gasteiger partial charge in [-0.2, -0.15) is 5.10 Å². The Morgan fingerprint density at radius 2 is 2.00 bits per heavy atom. The van der Waals surface area contributed by atoms with E-state index in [0.29, 0.717) is 5.82 Å². The van der Waals surface area contributed by atoms with Gasteiger partial charge in [0.15, 0.2) is 5.82 Å². The van der Waals surface area contributed by atoms with E-state index < -0.39 is 10.0 Å². The third-order valence-electron chi connectivity index (χ3n) is 2.26. The number of aromatic nitrogens is 3. The van der Waals surface area contributed by atoms with Crippen molar-refractivity contribution in [2.45, 2.75) is 4.90 Å². The minimum atomic E-state index is -3.64. The molecule has 18 heavy (non-hydrogen) atoms. The SMILES string of the molecule is CNc1ccc(S(=O)(=O)Nc2ccn(C)n2)cn1. The van der Waals surface area contributed by atoms with Gasteiger partial charge < -0.3 is 5.32 Å². The van der Waals surface area contributed by atoms with Crippen LogP contribution in [0.2, 0.25) is 0 Å². The zero-order valence-electron chi connectivity index (χ0n) is 9.95. The van der Waals surface area contributed by atoms with Gasteiger partial charge in [0.1, 0.15) is 10.7 Å². The monoisotopic (exact) mass is 267 g/mol. The van der Waals surface area contributed by atoms with E-state index in [2.05, 4.69) is 20.1 Å². The van der Waals surface area contributed by atoms with Gasteiger partial charge in [-0.3, -0.25) is 9.40 Å². The molecular weight excluding hydrogens is 254 g/mol. The summed E-state index contributed by atoms with van der Waals surface area (Å²) < 4.78 is 27.9. The molecule has 0 fully saturated rings. The lowest BCUT2D eigenvalue weighted by atomic mass is 10.5. The summed E-state index contributed by atoms with van der Waals surface area (Å²) in [4.78, 5) is 4.04. The Hall–Kier alpha value is -2.09. The molecular formula is C10H13N5O2S. The summed E-state index contributed by atoms with van der Waals surface area (Å²) in [5.41, 5.74) is 0. The number of nitrogens with one attached hydrogen (secondary N) is 2. The molecule has 2 rings (SSSR count). The lowest BCUT2D eigenvalue weighted by Gasteiger charge is -2.05. The van der Waals surface area contributed by atoms with Crippen LogP contribution in [-0.4, -0.2) is 30.2 Å².